The van der Waals surface area contributed by atoms with Gasteiger partial charge < -0.3 is 5.11 Å². The Kier molecular flexibility index (Phi) is 4.56. The summed E-state index contributed by atoms with van der Waals surface area (Å²) in [7, 11) is 0. The molecule has 1 aromatic rings. The van der Waals surface area contributed by atoms with Crippen LogP contribution in [-0.2, 0) is 11.3 Å². The summed E-state index contributed by atoms with van der Waals surface area (Å²) in [6, 6.07) is 9.23. The molecule has 2 N–H and O–H groups in total. The standard InChI is InChI=1S/C15H18F3NO2/c16-15(17,18)12-6-8-14(9-7-12,13(20)21)19-10-11-4-2-1-3-5-11/h1-5,12,19H,6-10H2,(H,20,21). The maximum Gasteiger partial charge on any atom is 0.391 e. The van der Waals surface area contributed by atoms with Crippen LogP contribution < -0.4 is 5.32 Å². The molecule has 116 valence electrons. The molecule has 0 saturated heterocycles. The molecule has 0 heterocycles. The van der Waals surface area contributed by atoms with Gasteiger partial charge in [-0.1, -0.05) is 30.3 Å². The lowest BCUT2D eigenvalue weighted by atomic mass is 9.76. The molecule has 0 spiro atoms. The summed E-state index contributed by atoms with van der Waals surface area (Å²) in [6.07, 6.45) is -4.52. The molecule has 0 aromatic heterocycles. The molecule has 1 saturated carbocycles. The van der Waals surface area contributed by atoms with Gasteiger partial charge in [-0.05, 0) is 31.2 Å². The lowest BCUT2D eigenvalue weighted by Crippen LogP contribution is -2.54. The maximum atomic E-state index is 12.7. The molecule has 1 aliphatic rings. The summed E-state index contributed by atoms with van der Waals surface area (Å²) >= 11 is 0. The second-order valence-corrected chi connectivity index (χ2v) is 5.54. The lowest BCUT2D eigenvalue weighted by Gasteiger charge is -2.38. The summed E-state index contributed by atoms with van der Waals surface area (Å²) in [5.74, 6) is -2.46. The van der Waals surface area contributed by atoms with Gasteiger partial charge in [0, 0.05) is 6.54 Å². The Morgan fingerprint density at radius 2 is 1.81 bits per heavy atom. The van der Waals surface area contributed by atoms with E-state index in [1.807, 2.05) is 30.3 Å². The Bertz CT molecular complexity index is 479. The highest BCUT2D eigenvalue weighted by Crippen LogP contribution is 2.41. The smallest absolute Gasteiger partial charge is 0.391 e. The molecule has 0 bridgehead atoms. The minimum Gasteiger partial charge on any atom is -0.480 e. The Balaban J connectivity index is 2.01. The third-order valence-corrected chi connectivity index (χ3v) is 4.19. The van der Waals surface area contributed by atoms with E-state index in [9.17, 15) is 23.1 Å². The first kappa shape index (κ1) is 15.8. The van der Waals surface area contributed by atoms with E-state index in [2.05, 4.69) is 5.32 Å². The second kappa shape index (κ2) is 6.05. The highest BCUT2D eigenvalue weighted by molar-refractivity contribution is 5.79. The fourth-order valence-corrected chi connectivity index (χ4v) is 2.77. The van der Waals surface area contributed by atoms with Crippen molar-refractivity contribution in [2.75, 3.05) is 0 Å². The Morgan fingerprint density at radius 3 is 2.29 bits per heavy atom. The minimum atomic E-state index is -4.23. The maximum absolute atomic E-state index is 12.7. The van der Waals surface area contributed by atoms with Gasteiger partial charge in [0.25, 0.3) is 0 Å². The molecule has 1 aliphatic carbocycles. The van der Waals surface area contributed by atoms with Crippen molar-refractivity contribution in [2.24, 2.45) is 5.92 Å². The molecule has 1 aromatic carbocycles. The van der Waals surface area contributed by atoms with Crippen LogP contribution in [0.15, 0.2) is 30.3 Å². The normalized spacial score (nSPS) is 26.5. The van der Waals surface area contributed by atoms with Crippen molar-refractivity contribution in [3.05, 3.63) is 35.9 Å². The SMILES string of the molecule is O=C(O)C1(NCc2ccccc2)CCC(C(F)(F)F)CC1. The van der Waals surface area contributed by atoms with E-state index in [4.69, 9.17) is 0 Å². The first-order valence-electron chi connectivity index (χ1n) is 6.92. The predicted octanol–water partition coefficient (Wildman–Crippen LogP) is 3.35. The molecule has 21 heavy (non-hydrogen) atoms. The predicted molar refractivity (Wildman–Crippen MR) is 71.7 cm³/mol. The largest absolute Gasteiger partial charge is 0.480 e. The molecule has 1 fully saturated rings. The molecule has 0 atom stereocenters. The van der Waals surface area contributed by atoms with Crippen molar-refractivity contribution in [3.63, 3.8) is 0 Å². The van der Waals surface area contributed by atoms with Gasteiger partial charge in [0.2, 0.25) is 0 Å². The van der Waals surface area contributed by atoms with Crippen molar-refractivity contribution in [1.82, 2.24) is 5.32 Å². The van der Waals surface area contributed by atoms with Gasteiger partial charge in [-0.15, -0.1) is 0 Å². The quantitative estimate of drug-likeness (QED) is 0.896. The zero-order valence-corrected chi connectivity index (χ0v) is 11.5. The summed E-state index contributed by atoms with van der Waals surface area (Å²) in [5, 5.41) is 12.4. The van der Waals surface area contributed by atoms with Crippen molar-refractivity contribution >= 4 is 5.97 Å². The first-order chi connectivity index (χ1) is 9.83. The van der Waals surface area contributed by atoms with Gasteiger partial charge >= 0.3 is 12.1 Å². The van der Waals surface area contributed by atoms with Crippen LogP contribution in [-0.4, -0.2) is 22.8 Å². The third kappa shape index (κ3) is 3.75. The number of carbonyl (C=O) groups is 1. The third-order valence-electron chi connectivity index (χ3n) is 4.19. The number of rotatable bonds is 4. The summed E-state index contributed by atoms with van der Waals surface area (Å²) in [6.45, 7) is 0.337. The van der Waals surface area contributed by atoms with Crippen LogP contribution in [0.1, 0.15) is 31.2 Å². The summed E-state index contributed by atoms with van der Waals surface area (Å²) < 4.78 is 38.0. The van der Waals surface area contributed by atoms with Gasteiger partial charge in [-0.2, -0.15) is 13.2 Å². The molecule has 0 amide bonds. The van der Waals surface area contributed by atoms with E-state index in [0.29, 0.717) is 6.54 Å². The highest BCUT2D eigenvalue weighted by Gasteiger charge is 2.48. The van der Waals surface area contributed by atoms with Gasteiger partial charge in [0.05, 0.1) is 5.92 Å². The Morgan fingerprint density at radius 1 is 1.24 bits per heavy atom. The number of carboxylic acids is 1. The van der Waals surface area contributed by atoms with Crippen LogP contribution in [0.4, 0.5) is 13.2 Å². The van der Waals surface area contributed by atoms with Crippen LogP contribution in [0.5, 0.6) is 0 Å². The van der Waals surface area contributed by atoms with E-state index in [1.54, 1.807) is 0 Å². The van der Waals surface area contributed by atoms with Crippen molar-refractivity contribution in [1.29, 1.82) is 0 Å². The topological polar surface area (TPSA) is 49.3 Å². The van der Waals surface area contributed by atoms with Crippen LogP contribution in [0.2, 0.25) is 0 Å². The lowest BCUT2D eigenvalue weighted by molar-refractivity contribution is -0.188. The van der Waals surface area contributed by atoms with E-state index in [-0.39, 0.29) is 25.7 Å². The first-order valence-corrected chi connectivity index (χ1v) is 6.92. The number of carboxylic acid groups (broad SMARTS) is 1. The van der Waals surface area contributed by atoms with E-state index < -0.39 is 23.6 Å². The highest BCUT2D eigenvalue weighted by atomic mass is 19.4. The Hall–Kier alpha value is -1.56. The van der Waals surface area contributed by atoms with E-state index in [1.165, 1.54) is 0 Å². The molecule has 3 nitrogen and oxygen atoms in total. The zero-order chi connectivity index (χ0) is 15.5. The van der Waals surface area contributed by atoms with Crippen LogP contribution in [0.25, 0.3) is 0 Å². The number of hydrogen-bond donors (Lipinski definition) is 2. The van der Waals surface area contributed by atoms with Gasteiger partial charge in [0.15, 0.2) is 0 Å². The number of aliphatic carboxylic acids is 1. The molecule has 0 radical (unpaired) electrons. The van der Waals surface area contributed by atoms with Crippen molar-refractivity contribution in [2.45, 2.75) is 43.9 Å². The van der Waals surface area contributed by atoms with Crippen LogP contribution in [0, 0.1) is 5.92 Å². The number of halogens is 3. The van der Waals surface area contributed by atoms with E-state index >= 15 is 0 Å². The number of hydrogen-bond acceptors (Lipinski definition) is 2. The van der Waals surface area contributed by atoms with E-state index in [0.717, 1.165) is 5.56 Å². The molecule has 2 rings (SSSR count). The summed E-state index contributed by atoms with van der Waals surface area (Å²) in [5.41, 5.74) is -0.339. The van der Waals surface area contributed by atoms with Gasteiger partial charge in [0.1, 0.15) is 5.54 Å². The Labute approximate surface area is 121 Å². The monoisotopic (exact) mass is 301 g/mol. The van der Waals surface area contributed by atoms with Crippen LogP contribution >= 0.6 is 0 Å². The number of alkyl halides is 3. The van der Waals surface area contributed by atoms with Crippen molar-refractivity contribution in [3.8, 4) is 0 Å². The van der Waals surface area contributed by atoms with Gasteiger partial charge in [-0.3, -0.25) is 10.1 Å². The number of benzene rings is 1. The average Bonchev–Trinajstić information content (AvgIpc) is 2.45. The molecular weight excluding hydrogens is 283 g/mol. The molecule has 6 heteroatoms. The van der Waals surface area contributed by atoms with Crippen LogP contribution in [0.3, 0.4) is 0 Å². The van der Waals surface area contributed by atoms with Crippen molar-refractivity contribution < 1.29 is 23.1 Å². The zero-order valence-electron chi connectivity index (χ0n) is 11.5. The fraction of sp³-hybridized carbons (Fsp3) is 0.533. The molecule has 0 aliphatic heterocycles. The number of nitrogens with one attached hydrogen (secondary N) is 1. The van der Waals surface area contributed by atoms with Gasteiger partial charge in [-0.25, -0.2) is 0 Å². The average molecular weight is 301 g/mol. The minimum absolute atomic E-state index is 0.000651. The molecule has 0 unspecified atom stereocenters. The fourth-order valence-electron chi connectivity index (χ4n) is 2.77. The second-order valence-electron chi connectivity index (χ2n) is 5.54. The summed E-state index contributed by atoms with van der Waals surface area (Å²) in [4.78, 5) is 11.5. The molecular formula is C15H18F3NO2.